The maximum absolute atomic E-state index is 12.3. The topological polar surface area (TPSA) is 76.1 Å². The van der Waals surface area contributed by atoms with Crippen molar-refractivity contribution in [3.63, 3.8) is 0 Å². The van der Waals surface area contributed by atoms with Crippen LogP contribution in [0.2, 0.25) is 0 Å². The van der Waals surface area contributed by atoms with Crippen LogP contribution in [0.25, 0.3) is 0 Å². The molecule has 0 fully saturated rings. The molecule has 0 aliphatic rings. The number of carbonyl (C=O) groups excluding carboxylic acids is 2. The molecule has 124 valence electrons. The Morgan fingerprint density at radius 1 is 1.10 bits per heavy atom. The number of ether oxygens (including phenoxy) is 2. The van der Waals surface area contributed by atoms with E-state index in [0.717, 1.165) is 4.90 Å². The van der Waals surface area contributed by atoms with E-state index in [0.29, 0.717) is 0 Å². The molecular weight excluding hydrogens is 274 g/mol. The van der Waals surface area contributed by atoms with Gasteiger partial charge in [-0.05, 0) is 61.3 Å². The Kier molecular flexibility index (Phi) is 5.85. The SMILES string of the molecule is [2H]C([2H])(CO)C[C@@H](C)N(C(=O)OC(C)(C)C)C(=O)OC(C)(C)C. The minimum atomic E-state index is -1.93. The highest BCUT2D eigenvalue weighted by molar-refractivity contribution is 5.88. The van der Waals surface area contributed by atoms with E-state index in [1.165, 1.54) is 6.92 Å². The molecule has 0 aromatic carbocycles. The zero-order chi connectivity index (χ0) is 18.6. The Morgan fingerprint density at radius 3 is 1.76 bits per heavy atom. The smallest absolute Gasteiger partial charge is 0.420 e. The lowest BCUT2D eigenvalue weighted by Gasteiger charge is -2.31. The van der Waals surface area contributed by atoms with E-state index < -0.39 is 42.4 Å². The number of hydrogen-bond acceptors (Lipinski definition) is 5. The molecule has 0 aromatic heterocycles. The van der Waals surface area contributed by atoms with E-state index >= 15 is 0 Å². The summed E-state index contributed by atoms with van der Waals surface area (Å²) in [5.41, 5.74) is -1.62. The van der Waals surface area contributed by atoms with Gasteiger partial charge in [0.15, 0.2) is 0 Å². The molecule has 0 saturated carbocycles. The number of nitrogens with zero attached hydrogens (tertiary/aromatic N) is 1. The van der Waals surface area contributed by atoms with E-state index in [4.69, 9.17) is 17.3 Å². The van der Waals surface area contributed by atoms with Crippen LogP contribution in [0.3, 0.4) is 0 Å². The normalized spacial score (nSPS) is 15.6. The highest BCUT2D eigenvalue weighted by Gasteiger charge is 2.34. The fraction of sp³-hybridized carbons (Fsp3) is 0.867. The van der Waals surface area contributed by atoms with E-state index in [2.05, 4.69) is 0 Å². The standard InChI is InChI=1S/C15H29NO5/c1-11(9-8-10-17)16(12(18)20-14(2,3)4)13(19)21-15(5,6)7/h11,17H,8-10H2,1-7H3/t11-/m1/s1/i8D2. The summed E-state index contributed by atoms with van der Waals surface area (Å²) in [6, 6.07) is -0.846. The second-order valence-electron chi connectivity index (χ2n) is 6.79. The number of carbonyl (C=O) groups is 2. The van der Waals surface area contributed by atoms with Gasteiger partial charge in [-0.15, -0.1) is 0 Å². The Labute approximate surface area is 130 Å². The second-order valence-corrected chi connectivity index (χ2v) is 6.79. The molecular formula is C15H29NO5. The third kappa shape index (κ3) is 8.55. The fourth-order valence-electron chi connectivity index (χ4n) is 1.42. The Bertz CT molecular complexity index is 399. The Balaban J connectivity index is 5.37. The van der Waals surface area contributed by atoms with Crippen LogP contribution in [-0.4, -0.2) is 46.0 Å². The summed E-state index contributed by atoms with van der Waals surface area (Å²) < 4.78 is 25.7. The molecule has 0 spiro atoms. The zero-order valence-electron chi connectivity index (χ0n) is 16.0. The summed E-state index contributed by atoms with van der Waals surface area (Å²) in [6.45, 7) is 10.8. The van der Waals surface area contributed by atoms with Gasteiger partial charge < -0.3 is 14.6 Å². The summed E-state index contributed by atoms with van der Waals surface area (Å²) in [5.74, 6) is 0. The summed E-state index contributed by atoms with van der Waals surface area (Å²) in [4.78, 5) is 25.4. The summed E-state index contributed by atoms with van der Waals surface area (Å²) in [7, 11) is 0. The molecule has 6 nitrogen and oxygen atoms in total. The molecule has 0 bridgehead atoms. The van der Waals surface area contributed by atoms with Gasteiger partial charge in [0.1, 0.15) is 11.2 Å². The van der Waals surface area contributed by atoms with Crippen LogP contribution in [0.15, 0.2) is 0 Å². The summed E-state index contributed by atoms with van der Waals surface area (Å²) in [6.07, 6.45) is -3.98. The molecule has 0 aliphatic heterocycles. The summed E-state index contributed by atoms with van der Waals surface area (Å²) >= 11 is 0. The van der Waals surface area contributed by atoms with Gasteiger partial charge in [-0.1, -0.05) is 0 Å². The predicted molar refractivity (Wildman–Crippen MR) is 80.1 cm³/mol. The number of rotatable bonds is 4. The van der Waals surface area contributed by atoms with E-state index in [9.17, 15) is 9.59 Å². The third-order valence-corrected chi connectivity index (χ3v) is 2.17. The van der Waals surface area contributed by atoms with Crippen molar-refractivity contribution in [1.29, 1.82) is 0 Å². The van der Waals surface area contributed by atoms with Gasteiger partial charge in [-0.25, -0.2) is 14.5 Å². The maximum Gasteiger partial charge on any atom is 0.420 e. The molecule has 21 heavy (non-hydrogen) atoms. The van der Waals surface area contributed by atoms with Crippen molar-refractivity contribution in [3.05, 3.63) is 0 Å². The highest BCUT2D eigenvalue weighted by atomic mass is 16.6. The first kappa shape index (κ1) is 16.1. The van der Waals surface area contributed by atoms with Crippen molar-refractivity contribution in [2.45, 2.75) is 78.5 Å². The first-order valence-corrected chi connectivity index (χ1v) is 6.94. The largest absolute Gasteiger partial charge is 0.443 e. The summed E-state index contributed by atoms with van der Waals surface area (Å²) in [5, 5.41) is 9.05. The number of aliphatic hydroxyl groups is 1. The van der Waals surface area contributed by atoms with Crippen molar-refractivity contribution in [2.24, 2.45) is 0 Å². The van der Waals surface area contributed by atoms with E-state index in [-0.39, 0.29) is 6.42 Å². The number of amides is 2. The van der Waals surface area contributed by atoms with Crippen molar-refractivity contribution >= 4 is 12.2 Å². The zero-order valence-corrected chi connectivity index (χ0v) is 14.0. The minimum absolute atomic E-state index is 0.234. The number of aliphatic hydroxyl groups excluding tert-OH is 1. The van der Waals surface area contributed by atoms with Crippen LogP contribution in [0.5, 0.6) is 0 Å². The molecule has 6 heteroatoms. The average molecular weight is 305 g/mol. The van der Waals surface area contributed by atoms with Crippen molar-refractivity contribution in [3.8, 4) is 0 Å². The van der Waals surface area contributed by atoms with Crippen LogP contribution in [-0.2, 0) is 9.47 Å². The van der Waals surface area contributed by atoms with Crippen molar-refractivity contribution in [1.82, 2.24) is 4.90 Å². The lowest BCUT2D eigenvalue weighted by Crippen LogP contribution is -2.48. The monoisotopic (exact) mass is 305 g/mol. The maximum atomic E-state index is 12.3. The van der Waals surface area contributed by atoms with Gasteiger partial charge in [0.25, 0.3) is 0 Å². The first-order valence-electron chi connectivity index (χ1n) is 7.94. The van der Waals surface area contributed by atoms with Crippen molar-refractivity contribution < 1.29 is 26.9 Å². The Morgan fingerprint density at radius 2 is 1.48 bits per heavy atom. The fourth-order valence-corrected chi connectivity index (χ4v) is 1.42. The van der Waals surface area contributed by atoms with Crippen molar-refractivity contribution in [2.75, 3.05) is 6.61 Å². The third-order valence-electron chi connectivity index (χ3n) is 2.17. The molecule has 0 heterocycles. The molecule has 0 aliphatic carbocycles. The van der Waals surface area contributed by atoms with Crippen LogP contribution in [0.4, 0.5) is 9.59 Å². The number of hydrogen-bond donors (Lipinski definition) is 1. The van der Waals surface area contributed by atoms with Crippen LogP contribution < -0.4 is 0 Å². The van der Waals surface area contributed by atoms with E-state index in [1.54, 1.807) is 41.5 Å². The second kappa shape index (κ2) is 7.64. The van der Waals surface area contributed by atoms with Gasteiger partial charge in [0.2, 0.25) is 0 Å². The lowest BCUT2D eigenvalue weighted by atomic mass is 10.1. The lowest BCUT2D eigenvalue weighted by molar-refractivity contribution is -0.00691. The highest BCUT2D eigenvalue weighted by Crippen LogP contribution is 2.18. The van der Waals surface area contributed by atoms with Gasteiger partial charge in [-0.2, -0.15) is 0 Å². The minimum Gasteiger partial charge on any atom is -0.443 e. The van der Waals surface area contributed by atoms with Crippen LogP contribution in [0, 0.1) is 0 Å². The molecule has 0 unspecified atom stereocenters. The predicted octanol–water partition coefficient (Wildman–Crippen LogP) is 3.32. The first-order chi connectivity index (χ1) is 10.1. The van der Waals surface area contributed by atoms with Gasteiger partial charge in [0.05, 0.1) is 0 Å². The number of imide groups is 1. The molecule has 0 aromatic rings. The molecule has 0 rings (SSSR count). The van der Waals surface area contributed by atoms with Crippen LogP contribution in [0.1, 0.15) is 64.0 Å². The molecule has 0 radical (unpaired) electrons. The van der Waals surface area contributed by atoms with E-state index in [1.807, 2.05) is 0 Å². The average Bonchev–Trinajstić information content (AvgIpc) is 2.22. The van der Waals surface area contributed by atoms with Gasteiger partial charge in [0, 0.05) is 15.4 Å². The molecule has 1 atom stereocenters. The quantitative estimate of drug-likeness (QED) is 0.862. The van der Waals surface area contributed by atoms with Crippen LogP contribution >= 0.6 is 0 Å². The molecule has 1 N–H and O–H groups in total. The van der Waals surface area contributed by atoms with Gasteiger partial charge >= 0.3 is 12.2 Å². The molecule has 0 saturated heterocycles. The Hall–Kier alpha value is -1.30. The van der Waals surface area contributed by atoms with Gasteiger partial charge in [-0.3, -0.25) is 0 Å². The molecule has 2 amide bonds.